The van der Waals surface area contributed by atoms with Crippen molar-refractivity contribution in [1.29, 1.82) is 0 Å². The highest BCUT2D eigenvalue weighted by Gasteiger charge is 2.29. The van der Waals surface area contributed by atoms with E-state index in [2.05, 4.69) is 33.9 Å². The van der Waals surface area contributed by atoms with Crippen LogP contribution in [0.1, 0.15) is 44.2 Å². The summed E-state index contributed by atoms with van der Waals surface area (Å²) in [5.74, 6) is 0.181. The van der Waals surface area contributed by atoms with Crippen molar-refractivity contribution < 1.29 is 14.3 Å². The normalized spacial score (nSPS) is 11.7. The minimum absolute atomic E-state index is 0.178. The molecule has 3 aromatic rings. The van der Waals surface area contributed by atoms with Crippen LogP contribution in [0.25, 0.3) is 0 Å². The number of aromatic nitrogens is 1. The lowest BCUT2D eigenvalue weighted by Gasteiger charge is -2.22. The molecule has 35 heavy (non-hydrogen) atoms. The molecule has 2 aromatic carbocycles. The molecule has 0 aliphatic rings. The number of anilines is 2. The predicted molar refractivity (Wildman–Crippen MR) is 142 cm³/mol. The molecule has 0 fully saturated rings. The summed E-state index contributed by atoms with van der Waals surface area (Å²) < 4.78 is 11.9. The van der Waals surface area contributed by atoms with Gasteiger partial charge in [0.05, 0.1) is 11.1 Å². The van der Waals surface area contributed by atoms with E-state index in [1.165, 1.54) is 12.1 Å². The Morgan fingerprint density at radius 2 is 1.80 bits per heavy atom. The largest absolute Gasteiger partial charge is 0.481 e. The molecule has 3 rings (SSSR count). The third kappa shape index (κ3) is 9.02. The Balaban J connectivity index is 0.000000527. The quantitative estimate of drug-likeness (QED) is 0.271. The number of benzene rings is 2. The number of rotatable bonds is 11. The molecule has 1 heterocycles. The summed E-state index contributed by atoms with van der Waals surface area (Å²) >= 11 is 0. The van der Waals surface area contributed by atoms with Crippen LogP contribution >= 0.6 is 0 Å². The Kier molecular flexibility index (Phi) is 11.2. The fraction of sp³-hybridized carbons (Fsp3) is 0.357. The van der Waals surface area contributed by atoms with Gasteiger partial charge in [0.15, 0.2) is 0 Å². The van der Waals surface area contributed by atoms with Gasteiger partial charge in [-0.1, -0.05) is 49.4 Å². The Morgan fingerprint density at radius 3 is 2.43 bits per heavy atom. The van der Waals surface area contributed by atoms with E-state index in [4.69, 9.17) is 0 Å². The van der Waals surface area contributed by atoms with Crippen LogP contribution in [0.2, 0.25) is 0 Å². The molecule has 0 saturated carbocycles. The smallest absolute Gasteiger partial charge is 0.313 e. The molecule has 1 atom stereocenters. The number of pyridine rings is 1. The molecule has 0 amide bonds. The maximum Gasteiger partial charge on any atom is 0.313 e. The predicted octanol–water partition coefficient (Wildman–Crippen LogP) is 5.51. The Bertz CT molecular complexity index is 1040. The van der Waals surface area contributed by atoms with Gasteiger partial charge in [-0.2, -0.15) is 0 Å². The molecule has 7 heteroatoms. The van der Waals surface area contributed by atoms with Crippen LogP contribution < -0.4 is 16.0 Å². The van der Waals surface area contributed by atoms with E-state index in [0.29, 0.717) is 5.92 Å². The standard InChI is InChI=1S/C22H32N4O2.C6H5F/c1-16(17-8-5-9-18(14-17)22(2,3)21(27)28)15-24-11-7-13-25-19-10-6-12-26-20(19)23-4;7-6-4-2-1-3-5-6/h5-6,8-10,12,14,16,24-25H,7,11,13,15H2,1-4H3,(H,23,26)(H,27,28);1-5H. The van der Waals surface area contributed by atoms with Crippen molar-refractivity contribution in [2.24, 2.45) is 0 Å². The van der Waals surface area contributed by atoms with Crippen LogP contribution in [0.3, 0.4) is 0 Å². The van der Waals surface area contributed by atoms with Gasteiger partial charge in [0.25, 0.3) is 0 Å². The second-order valence-corrected chi connectivity index (χ2v) is 8.89. The number of hydrogen-bond acceptors (Lipinski definition) is 5. The molecule has 0 aliphatic heterocycles. The first-order valence-corrected chi connectivity index (χ1v) is 11.9. The van der Waals surface area contributed by atoms with Gasteiger partial charge in [-0.15, -0.1) is 0 Å². The summed E-state index contributed by atoms with van der Waals surface area (Å²) in [6.45, 7) is 8.27. The average molecular weight is 481 g/mol. The molecule has 0 radical (unpaired) electrons. The second kappa shape index (κ2) is 14.1. The molecule has 6 nitrogen and oxygen atoms in total. The highest BCUT2D eigenvalue weighted by atomic mass is 19.1. The zero-order valence-electron chi connectivity index (χ0n) is 21.0. The summed E-state index contributed by atoms with van der Waals surface area (Å²) in [6, 6.07) is 19.8. The van der Waals surface area contributed by atoms with Crippen LogP contribution in [-0.4, -0.2) is 42.7 Å². The van der Waals surface area contributed by atoms with E-state index >= 15 is 0 Å². The zero-order valence-corrected chi connectivity index (χ0v) is 21.0. The van der Waals surface area contributed by atoms with E-state index < -0.39 is 11.4 Å². The lowest BCUT2D eigenvalue weighted by Crippen LogP contribution is -2.29. The minimum atomic E-state index is -0.882. The number of carbonyl (C=O) groups is 1. The van der Waals surface area contributed by atoms with Crippen LogP contribution in [0, 0.1) is 5.82 Å². The summed E-state index contributed by atoms with van der Waals surface area (Å²) in [6.07, 6.45) is 2.77. The summed E-state index contributed by atoms with van der Waals surface area (Å²) in [4.78, 5) is 15.8. The van der Waals surface area contributed by atoms with Crippen molar-refractivity contribution in [2.75, 3.05) is 37.3 Å². The van der Waals surface area contributed by atoms with Crippen LogP contribution in [0.5, 0.6) is 0 Å². The summed E-state index contributed by atoms with van der Waals surface area (Å²) in [7, 11) is 1.86. The highest BCUT2D eigenvalue weighted by molar-refractivity contribution is 5.80. The van der Waals surface area contributed by atoms with E-state index in [1.807, 2.05) is 37.4 Å². The van der Waals surface area contributed by atoms with Gasteiger partial charge < -0.3 is 21.1 Å². The molecule has 1 aromatic heterocycles. The summed E-state index contributed by atoms with van der Waals surface area (Å²) in [5.41, 5.74) is 2.13. The molecule has 1 unspecified atom stereocenters. The molecule has 0 aliphatic carbocycles. The van der Waals surface area contributed by atoms with Gasteiger partial charge in [0, 0.05) is 26.3 Å². The third-order valence-electron chi connectivity index (χ3n) is 5.79. The van der Waals surface area contributed by atoms with E-state index in [-0.39, 0.29) is 5.82 Å². The topological polar surface area (TPSA) is 86.3 Å². The number of aliphatic carboxylic acids is 1. The molecule has 4 N–H and O–H groups in total. The molecule has 188 valence electrons. The van der Waals surface area contributed by atoms with Crippen LogP contribution in [0.4, 0.5) is 15.9 Å². The fourth-order valence-electron chi connectivity index (χ4n) is 3.39. The highest BCUT2D eigenvalue weighted by Crippen LogP contribution is 2.26. The second-order valence-electron chi connectivity index (χ2n) is 8.89. The van der Waals surface area contributed by atoms with Crippen LogP contribution in [-0.2, 0) is 10.2 Å². The lowest BCUT2D eigenvalue weighted by molar-refractivity contribution is -0.142. The maximum absolute atomic E-state index is 11.9. The van der Waals surface area contributed by atoms with E-state index in [9.17, 15) is 14.3 Å². The summed E-state index contributed by atoms with van der Waals surface area (Å²) in [5, 5.41) is 19.4. The molecule has 0 saturated heterocycles. The van der Waals surface area contributed by atoms with Gasteiger partial charge in [-0.3, -0.25) is 4.79 Å². The number of halogens is 1. The number of nitrogens with one attached hydrogen (secondary N) is 3. The Morgan fingerprint density at radius 1 is 1.06 bits per heavy atom. The SMILES string of the molecule is CNc1ncccc1NCCCNCC(C)c1cccc(C(C)(C)C(=O)O)c1.Fc1ccccc1. The molecular weight excluding hydrogens is 443 g/mol. The molecular formula is C28H37FN4O2. The van der Waals surface area contributed by atoms with Crippen molar-refractivity contribution in [1.82, 2.24) is 10.3 Å². The number of hydrogen-bond donors (Lipinski definition) is 4. The first-order valence-electron chi connectivity index (χ1n) is 11.9. The average Bonchev–Trinajstić information content (AvgIpc) is 2.87. The van der Waals surface area contributed by atoms with Crippen LogP contribution in [0.15, 0.2) is 72.9 Å². The van der Waals surface area contributed by atoms with Crippen molar-refractivity contribution in [3.8, 4) is 0 Å². The van der Waals surface area contributed by atoms with Crippen molar-refractivity contribution in [3.05, 3.63) is 89.9 Å². The monoisotopic (exact) mass is 480 g/mol. The van der Waals surface area contributed by atoms with Crippen molar-refractivity contribution in [3.63, 3.8) is 0 Å². The van der Waals surface area contributed by atoms with E-state index in [1.54, 1.807) is 38.2 Å². The zero-order chi connectivity index (χ0) is 25.7. The fourth-order valence-corrected chi connectivity index (χ4v) is 3.39. The van der Waals surface area contributed by atoms with Gasteiger partial charge in [0.1, 0.15) is 11.6 Å². The number of nitrogens with zero attached hydrogens (tertiary/aromatic N) is 1. The Hall–Kier alpha value is -3.45. The minimum Gasteiger partial charge on any atom is -0.481 e. The van der Waals surface area contributed by atoms with Gasteiger partial charge >= 0.3 is 5.97 Å². The molecule has 0 spiro atoms. The first kappa shape index (κ1) is 27.8. The maximum atomic E-state index is 11.9. The van der Waals surface area contributed by atoms with Gasteiger partial charge in [-0.05, 0) is 68.1 Å². The third-order valence-corrected chi connectivity index (χ3v) is 5.79. The van der Waals surface area contributed by atoms with Gasteiger partial charge in [0.2, 0.25) is 0 Å². The number of carboxylic acid groups (broad SMARTS) is 1. The number of carboxylic acids is 1. The van der Waals surface area contributed by atoms with Crippen molar-refractivity contribution in [2.45, 2.75) is 38.5 Å². The molecule has 0 bridgehead atoms. The first-order chi connectivity index (χ1) is 16.8. The van der Waals surface area contributed by atoms with E-state index in [0.717, 1.165) is 48.7 Å². The van der Waals surface area contributed by atoms with Gasteiger partial charge in [-0.25, -0.2) is 9.37 Å². The van der Waals surface area contributed by atoms with Crippen molar-refractivity contribution >= 4 is 17.5 Å². The Labute approximate surface area is 208 Å². The lowest BCUT2D eigenvalue weighted by atomic mass is 9.83.